The fraction of sp³-hybridized carbons (Fsp3) is 0.167. The molecule has 3 rings (SSSR count). The summed E-state index contributed by atoms with van der Waals surface area (Å²) in [5.74, 6) is 0.653. The van der Waals surface area contributed by atoms with Crippen molar-refractivity contribution < 1.29 is 0 Å². The molecule has 3 aromatic rings. The first-order valence-corrected chi connectivity index (χ1v) is 6.48. The zero-order chi connectivity index (χ0) is 13.4. The van der Waals surface area contributed by atoms with E-state index in [1.165, 1.54) is 6.33 Å². The van der Waals surface area contributed by atoms with Gasteiger partial charge in [-0.3, -0.25) is 0 Å². The molecule has 0 aliphatic rings. The normalized spacial score (nSPS) is 10.9. The molecule has 0 saturated heterocycles. The van der Waals surface area contributed by atoms with Crippen LogP contribution >= 0.6 is 15.9 Å². The Hall–Kier alpha value is -2.02. The number of fused-ring (bicyclic) bond motifs is 1. The third kappa shape index (κ3) is 2.17. The molecule has 0 unspecified atom stereocenters. The molecule has 1 N–H and O–H groups in total. The number of aryl methyl sites for hydroxylation is 2. The monoisotopic (exact) mass is 318 g/mol. The number of rotatable bonds is 2. The van der Waals surface area contributed by atoms with Gasteiger partial charge in [0.1, 0.15) is 6.33 Å². The molecule has 2 aromatic heterocycles. The molecule has 2 heterocycles. The van der Waals surface area contributed by atoms with Crippen molar-refractivity contribution in [3.05, 3.63) is 34.6 Å². The fourth-order valence-electron chi connectivity index (χ4n) is 1.80. The van der Waals surface area contributed by atoms with Gasteiger partial charge in [-0.1, -0.05) is 21.1 Å². The lowest BCUT2D eigenvalue weighted by atomic mass is 10.2. The van der Waals surface area contributed by atoms with Gasteiger partial charge >= 0.3 is 0 Å². The van der Waals surface area contributed by atoms with Gasteiger partial charge in [0.25, 0.3) is 0 Å². The highest BCUT2D eigenvalue weighted by atomic mass is 79.9. The lowest BCUT2D eigenvalue weighted by Crippen LogP contribution is -1.97. The van der Waals surface area contributed by atoms with Crippen LogP contribution in [0.15, 0.2) is 29.0 Å². The second-order valence-corrected chi connectivity index (χ2v) is 5.05. The van der Waals surface area contributed by atoms with Crippen molar-refractivity contribution in [3.63, 3.8) is 0 Å². The topological polar surface area (TPSA) is 68.5 Å². The van der Waals surface area contributed by atoms with Gasteiger partial charge in [0.15, 0.2) is 17.0 Å². The van der Waals surface area contributed by atoms with Crippen molar-refractivity contribution in [2.24, 2.45) is 7.05 Å². The zero-order valence-electron chi connectivity index (χ0n) is 10.4. The van der Waals surface area contributed by atoms with Crippen LogP contribution in [0.2, 0.25) is 0 Å². The number of aromatic nitrogens is 5. The van der Waals surface area contributed by atoms with Gasteiger partial charge in [0, 0.05) is 17.2 Å². The maximum absolute atomic E-state index is 4.22. The van der Waals surface area contributed by atoms with Crippen LogP contribution in [0, 0.1) is 6.92 Å². The second kappa shape index (κ2) is 4.58. The SMILES string of the molecule is Cc1cc(Nc2ncnc3c2nnn3C)ccc1Br. The van der Waals surface area contributed by atoms with Gasteiger partial charge in [0.2, 0.25) is 0 Å². The van der Waals surface area contributed by atoms with Crippen LogP contribution in [0.3, 0.4) is 0 Å². The lowest BCUT2D eigenvalue weighted by molar-refractivity contribution is 0.729. The van der Waals surface area contributed by atoms with Gasteiger partial charge in [0.05, 0.1) is 0 Å². The van der Waals surface area contributed by atoms with E-state index in [2.05, 4.69) is 41.5 Å². The first kappa shape index (κ1) is 12.0. The quantitative estimate of drug-likeness (QED) is 0.786. The molecule has 0 aliphatic heterocycles. The van der Waals surface area contributed by atoms with Gasteiger partial charge in [-0.2, -0.15) is 0 Å². The van der Waals surface area contributed by atoms with Crippen molar-refractivity contribution in [1.29, 1.82) is 0 Å². The van der Waals surface area contributed by atoms with E-state index in [0.29, 0.717) is 17.0 Å². The number of nitrogens with one attached hydrogen (secondary N) is 1. The molecule has 1 aromatic carbocycles. The summed E-state index contributed by atoms with van der Waals surface area (Å²) >= 11 is 3.48. The van der Waals surface area contributed by atoms with E-state index in [4.69, 9.17) is 0 Å². The Labute approximate surface area is 118 Å². The molecule has 19 heavy (non-hydrogen) atoms. The minimum absolute atomic E-state index is 0.653. The molecule has 96 valence electrons. The molecule has 0 bridgehead atoms. The maximum atomic E-state index is 4.22. The third-order valence-electron chi connectivity index (χ3n) is 2.81. The summed E-state index contributed by atoms with van der Waals surface area (Å²) in [6, 6.07) is 6.00. The van der Waals surface area contributed by atoms with Gasteiger partial charge < -0.3 is 5.32 Å². The van der Waals surface area contributed by atoms with Crippen LogP contribution in [-0.2, 0) is 7.05 Å². The molecule has 0 saturated carbocycles. The molecule has 0 radical (unpaired) electrons. The average Bonchev–Trinajstić information content (AvgIpc) is 2.77. The highest BCUT2D eigenvalue weighted by Gasteiger charge is 2.09. The molecule has 6 nitrogen and oxygen atoms in total. The molecule has 0 fully saturated rings. The fourth-order valence-corrected chi connectivity index (χ4v) is 2.05. The number of hydrogen-bond acceptors (Lipinski definition) is 5. The Morgan fingerprint density at radius 3 is 2.89 bits per heavy atom. The Kier molecular flexibility index (Phi) is 2.90. The zero-order valence-corrected chi connectivity index (χ0v) is 12.0. The average molecular weight is 319 g/mol. The van der Waals surface area contributed by atoms with E-state index >= 15 is 0 Å². The Morgan fingerprint density at radius 2 is 2.11 bits per heavy atom. The summed E-state index contributed by atoms with van der Waals surface area (Å²) in [7, 11) is 1.80. The number of benzene rings is 1. The second-order valence-electron chi connectivity index (χ2n) is 4.20. The van der Waals surface area contributed by atoms with Crippen molar-refractivity contribution in [3.8, 4) is 0 Å². The van der Waals surface area contributed by atoms with Crippen LogP contribution < -0.4 is 5.32 Å². The molecule has 0 spiro atoms. The maximum Gasteiger partial charge on any atom is 0.183 e. The van der Waals surface area contributed by atoms with E-state index in [1.807, 2.05) is 25.1 Å². The van der Waals surface area contributed by atoms with E-state index < -0.39 is 0 Å². The van der Waals surface area contributed by atoms with Crippen molar-refractivity contribution in [2.45, 2.75) is 6.92 Å². The van der Waals surface area contributed by atoms with Crippen molar-refractivity contribution >= 4 is 38.6 Å². The highest BCUT2D eigenvalue weighted by Crippen LogP contribution is 2.24. The van der Waals surface area contributed by atoms with Gasteiger partial charge in [-0.15, -0.1) is 5.10 Å². The standard InChI is InChI=1S/C12H11BrN6/c1-7-5-8(3-4-9(7)13)16-11-10-12(15-6-14-11)19(2)18-17-10/h3-6H,1-2H3,(H,14,15,16). The summed E-state index contributed by atoms with van der Waals surface area (Å²) in [4.78, 5) is 8.37. The summed E-state index contributed by atoms with van der Waals surface area (Å²) in [5.41, 5.74) is 3.46. The largest absolute Gasteiger partial charge is 0.338 e. The number of halogens is 1. The number of nitrogens with zero attached hydrogens (tertiary/aromatic N) is 5. The number of anilines is 2. The molecule has 0 atom stereocenters. The molecule has 0 amide bonds. The van der Waals surface area contributed by atoms with Crippen LogP contribution in [0.25, 0.3) is 11.2 Å². The Balaban J connectivity index is 2.03. The predicted octanol–water partition coefficient (Wildman–Crippen LogP) is 2.57. The molecule has 0 aliphatic carbocycles. The number of hydrogen-bond donors (Lipinski definition) is 1. The van der Waals surface area contributed by atoms with E-state index in [1.54, 1.807) is 11.7 Å². The first-order valence-electron chi connectivity index (χ1n) is 5.69. The van der Waals surface area contributed by atoms with Gasteiger partial charge in [-0.25, -0.2) is 14.6 Å². The summed E-state index contributed by atoms with van der Waals surface area (Å²) in [6.45, 7) is 2.03. The lowest BCUT2D eigenvalue weighted by Gasteiger charge is -2.07. The van der Waals surface area contributed by atoms with Crippen molar-refractivity contribution in [1.82, 2.24) is 25.0 Å². The summed E-state index contributed by atoms with van der Waals surface area (Å²) in [6.07, 6.45) is 1.50. The minimum Gasteiger partial charge on any atom is -0.338 e. The van der Waals surface area contributed by atoms with Crippen LogP contribution in [0.5, 0.6) is 0 Å². The Bertz CT molecular complexity index is 751. The van der Waals surface area contributed by atoms with Crippen molar-refractivity contribution in [2.75, 3.05) is 5.32 Å². The molecular weight excluding hydrogens is 308 g/mol. The smallest absolute Gasteiger partial charge is 0.183 e. The van der Waals surface area contributed by atoms with E-state index in [0.717, 1.165) is 15.7 Å². The predicted molar refractivity (Wildman–Crippen MR) is 76.3 cm³/mol. The molecule has 7 heteroatoms. The van der Waals surface area contributed by atoms with Crippen LogP contribution in [-0.4, -0.2) is 25.0 Å². The highest BCUT2D eigenvalue weighted by molar-refractivity contribution is 9.10. The van der Waals surface area contributed by atoms with Crippen LogP contribution in [0.4, 0.5) is 11.5 Å². The third-order valence-corrected chi connectivity index (χ3v) is 3.70. The van der Waals surface area contributed by atoms with E-state index in [-0.39, 0.29) is 0 Å². The molecular formula is C12H11BrN6. The van der Waals surface area contributed by atoms with Crippen LogP contribution in [0.1, 0.15) is 5.56 Å². The van der Waals surface area contributed by atoms with E-state index in [9.17, 15) is 0 Å². The minimum atomic E-state index is 0.653. The summed E-state index contributed by atoms with van der Waals surface area (Å²) in [5, 5.41) is 11.3. The Morgan fingerprint density at radius 1 is 1.26 bits per heavy atom. The van der Waals surface area contributed by atoms with Gasteiger partial charge in [-0.05, 0) is 30.7 Å². The first-order chi connectivity index (χ1) is 9.15. The summed E-state index contributed by atoms with van der Waals surface area (Å²) < 4.78 is 2.69.